The van der Waals surface area contributed by atoms with Gasteiger partial charge in [0.1, 0.15) is 0 Å². The molecule has 10 rings (SSSR count). The summed E-state index contributed by atoms with van der Waals surface area (Å²) in [6.45, 7) is 9.18. The maximum absolute atomic E-state index is 2.47. The Morgan fingerprint density at radius 1 is 0.278 bits per heavy atom. The number of rotatable bonds is 20. The monoisotopic (exact) mass is 1020 g/mol. The first kappa shape index (κ1) is 53.2. The summed E-state index contributed by atoms with van der Waals surface area (Å²) in [6.07, 6.45) is 22.4. The van der Waals surface area contributed by atoms with Crippen molar-refractivity contribution in [3.05, 3.63) is 321 Å². The van der Waals surface area contributed by atoms with Gasteiger partial charge in [-0.05, 0) is 172 Å². The molecule has 0 saturated heterocycles. The van der Waals surface area contributed by atoms with E-state index in [1.165, 1.54) is 89.3 Å². The zero-order valence-corrected chi connectivity index (χ0v) is 46.1. The quantitative estimate of drug-likeness (QED) is 0.0702. The third-order valence-electron chi connectivity index (χ3n) is 14.7. The lowest BCUT2D eigenvalue weighted by Gasteiger charge is -2.30. The zero-order chi connectivity index (χ0) is 54.2. The average Bonchev–Trinajstić information content (AvgIpc) is 3.58. The highest BCUT2D eigenvalue weighted by atomic mass is 15.2. The zero-order valence-electron chi connectivity index (χ0n) is 46.1. The van der Waals surface area contributed by atoms with Crippen LogP contribution in [-0.2, 0) is 25.7 Å². The first-order valence-electron chi connectivity index (χ1n) is 28.1. The standard InChI is InChI=1S/C77H70N2/c1-5-70-56-68(54-58(3)76(70)78(72-46-38-64(39-47-72)34-30-60-20-11-7-12-21-60)73-48-40-65(41-49-73)35-31-61-22-13-8-14-23-61)28-19-29-69-55-59(4)77(71(6-2)57-69)79(74-50-42-66(43-51-74)36-32-62-24-15-9-16-25-62)75-52-44-67(45-53-75)37-33-63-26-17-10-18-27-63/h7-18,20-27,30-57H,5-6,19,28-29H2,1-4H3/b34-30+,35-31+,36-32+,37-33+. The number of hydrogen-bond acceptors (Lipinski definition) is 2. The van der Waals surface area contributed by atoms with Gasteiger partial charge in [-0.25, -0.2) is 0 Å². The fourth-order valence-electron chi connectivity index (χ4n) is 10.6. The number of benzene rings is 10. The minimum atomic E-state index is 0.924. The van der Waals surface area contributed by atoms with Crippen molar-refractivity contribution in [3.63, 3.8) is 0 Å². The van der Waals surface area contributed by atoms with Gasteiger partial charge in [-0.3, -0.25) is 0 Å². The maximum atomic E-state index is 2.47. The van der Waals surface area contributed by atoms with E-state index in [2.05, 4.69) is 329 Å². The van der Waals surface area contributed by atoms with Crippen molar-refractivity contribution in [2.75, 3.05) is 9.80 Å². The second-order valence-corrected chi connectivity index (χ2v) is 20.4. The Labute approximate surface area is 470 Å². The lowest BCUT2D eigenvalue weighted by atomic mass is 9.94. The summed E-state index contributed by atoms with van der Waals surface area (Å²) >= 11 is 0. The number of nitrogens with zero attached hydrogens (tertiary/aromatic N) is 2. The third-order valence-corrected chi connectivity index (χ3v) is 14.7. The molecule has 0 aromatic heterocycles. The Kier molecular flexibility index (Phi) is 17.6. The van der Waals surface area contributed by atoms with Crippen LogP contribution in [0.1, 0.15) is 98.2 Å². The van der Waals surface area contributed by atoms with Crippen LogP contribution in [0.5, 0.6) is 0 Å². The highest BCUT2D eigenvalue weighted by molar-refractivity contribution is 5.85. The Morgan fingerprint density at radius 3 is 0.734 bits per heavy atom. The number of aryl methyl sites for hydroxylation is 6. The van der Waals surface area contributed by atoms with E-state index in [-0.39, 0.29) is 0 Å². The van der Waals surface area contributed by atoms with Crippen molar-refractivity contribution in [1.29, 1.82) is 0 Å². The molecule has 0 bridgehead atoms. The Hall–Kier alpha value is -9.24. The predicted molar refractivity (Wildman–Crippen MR) is 344 cm³/mol. The smallest absolute Gasteiger partial charge is 0.0522 e. The molecule has 0 aliphatic carbocycles. The van der Waals surface area contributed by atoms with Gasteiger partial charge in [-0.15, -0.1) is 0 Å². The van der Waals surface area contributed by atoms with Crippen LogP contribution in [0.2, 0.25) is 0 Å². The van der Waals surface area contributed by atoms with E-state index < -0.39 is 0 Å². The normalized spacial score (nSPS) is 11.6. The third kappa shape index (κ3) is 13.8. The molecule has 0 amide bonds. The average molecular weight is 1020 g/mol. The first-order chi connectivity index (χ1) is 38.9. The van der Waals surface area contributed by atoms with Crippen molar-refractivity contribution in [2.24, 2.45) is 0 Å². The van der Waals surface area contributed by atoms with Crippen LogP contribution in [0.3, 0.4) is 0 Å². The highest BCUT2D eigenvalue weighted by Crippen LogP contribution is 2.42. The minimum Gasteiger partial charge on any atom is -0.310 e. The van der Waals surface area contributed by atoms with Crippen LogP contribution >= 0.6 is 0 Å². The fraction of sp³-hybridized carbons (Fsp3) is 0.117. The molecule has 2 nitrogen and oxygen atoms in total. The minimum absolute atomic E-state index is 0.924. The molecule has 0 atom stereocenters. The second-order valence-electron chi connectivity index (χ2n) is 20.4. The van der Waals surface area contributed by atoms with E-state index in [9.17, 15) is 0 Å². The molecule has 388 valence electrons. The SMILES string of the molecule is CCc1cc(CCCc2cc(C)c(N(c3ccc(/C=C/c4ccccc4)cc3)c3ccc(/C=C/c4ccccc4)cc3)c(CC)c2)cc(C)c1N(c1ccc(/C=C/c2ccccc2)cc1)c1ccc(/C=C/c2ccccc2)cc1. The maximum Gasteiger partial charge on any atom is 0.0522 e. The predicted octanol–water partition coefficient (Wildman–Crippen LogP) is 21.2. The lowest BCUT2D eigenvalue weighted by Crippen LogP contribution is -2.14. The van der Waals surface area contributed by atoms with Gasteiger partial charge >= 0.3 is 0 Å². The second kappa shape index (κ2) is 26.2. The van der Waals surface area contributed by atoms with Crippen molar-refractivity contribution in [1.82, 2.24) is 0 Å². The van der Waals surface area contributed by atoms with Gasteiger partial charge in [0.05, 0.1) is 11.4 Å². The highest BCUT2D eigenvalue weighted by Gasteiger charge is 2.21. The molecule has 0 fully saturated rings. The van der Waals surface area contributed by atoms with Gasteiger partial charge in [0.15, 0.2) is 0 Å². The molecule has 0 spiro atoms. The van der Waals surface area contributed by atoms with E-state index >= 15 is 0 Å². The lowest BCUT2D eigenvalue weighted by molar-refractivity contribution is 0.815. The van der Waals surface area contributed by atoms with E-state index in [1.807, 2.05) is 0 Å². The molecule has 0 aliphatic rings. The van der Waals surface area contributed by atoms with Crippen LogP contribution in [-0.4, -0.2) is 0 Å². The van der Waals surface area contributed by atoms with Crippen molar-refractivity contribution < 1.29 is 0 Å². The number of hydrogen-bond donors (Lipinski definition) is 0. The largest absolute Gasteiger partial charge is 0.310 e. The molecule has 0 aliphatic heterocycles. The van der Waals surface area contributed by atoms with Crippen molar-refractivity contribution in [2.45, 2.75) is 59.8 Å². The van der Waals surface area contributed by atoms with Crippen LogP contribution in [0.25, 0.3) is 48.6 Å². The van der Waals surface area contributed by atoms with Gasteiger partial charge in [0.2, 0.25) is 0 Å². The van der Waals surface area contributed by atoms with E-state index in [0.29, 0.717) is 0 Å². The molecule has 0 heterocycles. The van der Waals surface area contributed by atoms with Crippen LogP contribution in [0.4, 0.5) is 34.1 Å². The molecule has 0 unspecified atom stereocenters. The van der Waals surface area contributed by atoms with Gasteiger partial charge in [0.25, 0.3) is 0 Å². The number of anilines is 6. The molecule has 2 heteroatoms. The summed E-state index contributed by atoms with van der Waals surface area (Å²) in [7, 11) is 0. The Morgan fingerprint density at radius 2 is 0.506 bits per heavy atom. The summed E-state index contributed by atoms with van der Waals surface area (Å²) in [5.41, 5.74) is 24.5. The molecule has 10 aromatic carbocycles. The van der Waals surface area contributed by atoms with Gasteiger partial charge < -0.3 is 9.80 Å². The van der Waals surface area contributed by atoms with E-state index in [4.69, 9.17) is 0 Å². The summed E-state index contributed by atoms with van der Waals surface area (Å²) in [4.78, 5) is 4.92. The van der Waals surface area contributed by atoms with Crippen LogP contribution in [0, 0.1) is 13.8 Å². The van der Waals surface area contributed by atoms with E-state index in [1.54, 1.807) is 0 Å². The molecule has 79 heavy (non-hydrogen) atoms. The first-order valence-corrected chi connectivity index (χ1v) is 28.1. The van der Waals surface area contributed by atoms with Crippen LogP contribution < -0.4 is 9.80 Å². The molecular weight excluding hydrogens is 953 g/mol. The van der Waals surface area contributed by atoms with Crippen LogP contribution in [0.15, 0.2) is 243 Å². The molecule has 0 N–H and O–H groups in total. The fourth-order valence-corrected chi connectivity index (χ4v) is 10.6. The summed E-state index contributed by atoms with van der Waals surface area (Å²) in [5, 5.41) is 0. The van der Waals surface area contributed by atoms with E-state index in [0.717, 1.165) is 54.9 Å². The summed E-state index contributed by atoms with van der Waals surface area (Å²) in [6, 6.07) is 87.8. The Balaban J connectivity index is 0.906. The molecule has 0 saturated carbocycles. The Bertz CT molecular complexity index is 3230. The molecule has 0 radical (unpaired) electrons. The topological polar surface area (TPSA) is 6.48 Å². The summed E-state index contributed by atoms with van der Waals surface area (Å²) in [5.74, 6) is 0. The molecular formula is C77H70N2. The molecule has 10 aromatic rings. The van der Waals surface area contributed by atoms with Crippen molar-refractivity contribution in [3.8, 4) is 0 Å². The van der Waals surface area contributed by atoms with Gasteiger partial charge in [-0.2, -0.15) is 0 Å². The van der Waals surface area contributed by atoms with Gasteiger partial charge in [-0.1, -0.05) is 257 Å². The summed E-state index contributed by atoms with van der Waals surface area (Å²) < 4.78 is 0. The van der Waals surface area contributed by atoms with Crippen molar-refractivity contribution >= 4 is 82.7 Å². The van der Waals surface area contributed by atoms with Gasteiger partial charge in [0, 0.05) is 22.7 Å².